The molecule has 0 unspecified atom stereocenters. The number of hydrogen-bond donors (Lipinski definition) is 2. The van der Waals surface area contributed by atoms with Gasteiger partial charge in [-0.25, -0.2) is 13.6 Å². The zero-order valence-electron chi connectivity index (χ0n) is 12.9. The highest BCUT2D eigenvalue weighted by Crippen LogP contribution is 2.20. The first-order chi connectivity index (χ1) is 9.66. The van der Waals surface area contributed by atoms with Gasteiger partial charge in [0.15, 0.2) is 0 Å². The number of rotatable bonds is 4. The van der Waals surface area contributed by atoms with Gasteiger partial charge in [-0.3, -0.25) is 4.90 Å². The van der Waals surface area contributed by atoms with Crippen LogP contribution in [0.1, 0.15) is 39.4 Å². The second kappa shape index (κ2) is 6.08. The summed E-state index contributed by atoms with van der Waals surface area (Å²) in [5.74, 6) is 0.595. The van der Waals surface area contributed by atoms with Crippen LogP contribution in [0.5, 0.6) is 0 Å². The van der Waals surface area contributed by atoms with Gasteiger partial charge in [0.1, 0.15) is 5.76 Å². The van der Waals surface area contributed by atoms with Gasteiger partial charge < -0.3 is 9.73 Å². The Labute approximate surface area is 126 Å². The molecule has 1 aliphatic heterocycles. The minimum Gasteiger partial charge on any atom is -0.447 e. The minimum absolute atomic E-state index is 0.179. The van der Waals surface area contributed by atoms with Gasteiger partial charge in [0.2, 0.25) is 5.09 Å². The maximum Gasteiger partial charge on any atom is 0.271 e. The summed E-state index contributed by atoms with van der Waals surface area (Å²) in [5, 5.41) is 8.26. The van der Waals surface area contributed by atoms with E-state index < -0.39 is 10.0 Å². The molecule has 0 aromatic carbocycles. The van der Waals surface area contributed by atoms with E-state index in [4.69, 9.17) is 9.56 Å². The average Bonchev–Trinajstić information content (AvgIpc) is 2.84. The molecule has 3 N–H and O–H groups in total. The number of sulfonamides is 1. The largest absolute Gasteiger partial charge is 0.447 e. The molecular weight excluding hydrogens is 290 g/mol. The monoisotopic (exact) mass is 315 g/mol. The van der Waals surface area contributed by atoms with Crippen molar-refractivity contribution in [1.82, 2.24) is 10.2 Å². The number of piperidine rings is 1. The van der Waals surface area contributed by atoms with Gasteiger partial charge in [-0.15, -0.1) is 0 Å². The number of nitrogens with one attached hydrogen (secondary N) is 1. The van der Waals surface area contributed by atoms with Gasteiger partial charge in [0.05, 0.1) is 6.54 Å². The SMILES string of the molecule is CC(C)(C)N1CCC(NCc2ccc(S(N)(=O)=O)o2)CC1. The van der Waals surface area contributed by atoms with E-state index in [1.165, 1.54) is 6.07 Å². The molecule has 1 saturated heterocycles. The standard InChI is InChI=1S/C14H25N3O3S/c1-14(2,3)17-8-6-11(7-9-17)16-10-12-4-5-13(20-12)21(15,18)19/h4-5,11,16H,6-10H2,1-3H3,(H2,15,18,19). The maximum atomic E-state index is 11.1. The molecule has 1 aliphatic rings. The molecule has 21 heavy (non-hydrogen) atoms. The zero-order valence-corrected chi connectivity index (χ0v) is 13.7. The minimum atomic E-state index is -3.75. The topological polar surface area (TPSA) is 88.6 Å². The maximum absolute atomic E-state index is 11.1. The summed E-state index contributed by atoms with van der Waals surface area (Å²) >= 11 is 0. The highest BCUT2D eigenvalue weighted by Gasteiger charge is 2.26. The zero-order chi connectivity index (χ0) is 15.7. The molecule has 1 fully saturated rings. The predicted octanol–water partition coefficient (Wildman–Crippen LogP) is 1.28. The summed E-state index contributed by atoms with van der Waals surface area (Å²) in [4.78, 5) is 2.48. The first-order valence-corrected chi connectivity index (χ1v) is 8.81. The van der Waals surface area contributed by atoms with Crippen molar-refractivity contribution in [3.8, 4) is 0 Å². The Morgan fingerprint density at radius 3 is 2.43 bits per heavy atom. The molecule has 7 heteroatoms. The van der Waals surface area contributed by atoms with E-state index in [-0.39, 0.29) is 10.6 Å². The highest BCUT2D eigenvalue weighted by molar-refractivity contribution is 7.89. The van der Waals surface area contributed by atoms with E-state index in [2.05, 4.69) is 31.0 Å². The first-order valence-electron chi connectivity index (χ1n) is 7.26. The normalized spacial score (nSPS) is 19.0. The fourth-order valence-corrected chi connectivity index (χ4v) is 3.09. The molecule has 0 spiro atoms. The van der Waals surface area contributed by atoms with E-state index >= 15 is 0 Å². The first kappa shape index (κ1) is 16.5. The third-order valence-electron chi connectivity index (χ3n) is 3.93. The average molecular weight is 315 g/mol. The number of primary sulfonamides is 1. The van der Waals surface area contributed by atoms with Crippen LogP contribution in [0, 0.1) is 0 Å². The highest BCUT2D eigenvalue weighted by atomic mass is 32.2. The van der Waals surface area contributed by atoms with Crippen LogP contribution < -0.4 is 10.5 Å². The third-order valence-corrected chi connectivity index (χ3v) is 4.71. The Kier molecular flexibility index (Phi) is 4.77. The van der Waals surface area contributed by atoms with Crippen LogP contribution in [0.4, 0.5) is 0 Å². The third kappa shape index (κ3) is 4.54. The molecule has 0 bridgehead atoms. The number of nitrogens with zero attached hydrogens (tertiary/aromatic N) is 1. The lowest BCUT2D eigenvalue weighted by atomic mass is 9.98. The Morgan fingerprint density at radius 1 is 1.33 bits per heavy atom. The molecule has 0 atom stereocenters. The van der Waals surface area contributed by atoms with E-state index in [1.807, 2.05) is 0 Å². The van der Waals surface area contributed by atoms with Gasteiger partial charge in [0.25, 0.3) is 10.0 Å². The Morgan fingerprint density at radius 2 is 1.95 bits per heavy atom. The van der Waals surface area contributed by atoms with Gasteiger partial charge in [-0.2, -0.15) is 0 Å². The molecule has 0 aliphatic carbocycles. The van der Waals surface area contributed by atoms with Crippen molar-refractivity contribution in [3.63, 3.8) is 0 Å². The lowest BCUT2D eigenvalue weighted by Gasteiger charge is -2.41. The van der Waals surface area contributed by atoms with Crippen LogP contribution >= 0.6 is 0 Å². The smallest absolute Gasteiger partial charge is 0.271 e. The van der Waals surface area contributed by atoms with E-state index in [1.54, 1.807) is 6.07 Å². The molecule has 0 radical (unpaired) electrons. The van der Waals surface area contributed by atoms with Gasteiger partial charge >= 0.3 is 0 Å². The Hall–Kier alpha value is -0.890. The predicted molar refractivity (Wildman–Crippen MR) is 81.3 cm³/mol. The van der Waals surface area contributed by atoms with Crippen LogP contribution in [-0.2, 0) is 16.6 Å². The fraction of sp³-hybridized carbons (Fsp3) is 0.714. The summed E-state index contributed by atoms with van der Waals surface area (Å²) in [6.45, 7) is 9.37. The number of nitrogens with two attached hydrogens (primary N) is 1. The lowest BCUT2D eigenvalue weighted by Crippen LogP contribution is -2.49. The molecule has 0 saturated carbocycles. The Balaban J connectivity index is 1.81. The Bertz CT molecular complexity index is 567. The molecule has 0 amide bonds. The number of hydrogen-bond acceptors (Lipinski definition) is 5. The summed E-state index contributed by atoms with van der Waals surface area (Å²) in [6, 6.07) is 3.48. The number of likely N-dealkylation sites (tertiary alicyclic amines) is 1. The van der Waals surface area contributed by atoms with Crippen LogP contribution in [0.3, 0.4) is 0 Å². The van der Waals surface area contributed by atoms with Crippen LogP contribution in [-0.4, -0.2) is 38.0 Å². The van der Waals surface area contributed by atoms with Crippen molar-refractivity contribution < 1.29 is 12.8 Å². The molecule has 1 aromatic heterocycles. The summed E-state index contributed by atoms with van der Waals surface area (Å²) in [6.07, 6.45) is 2.17. The molecule has 120 valence electrons. The van der Waals surface area contributed by atoms with Crippen molar-refractivity contribution in [2.45, 2.75) is 56.8 Å². The van der Waals surface area contributed by atoms with Crippen molar-refractivity contribution >= 4 is 10.0 Å². The molecule has 6 nitrogen and oxygen atoms in total. The van der Waals surface area contributed by atoms with Crippen molar-refractivity contribution in [1.29, 1.82) is 0 Å². The van der Waals surface area contributed by atoms with Crippen LogP contribution in [0.25, 0.3) is 0 Å². The molecular formula is C14H25N3O3S. The van der Waals surface area contributed by atoms with Crippen molar-refractivity contribution in [3.05, 3.63) is 17.9 Å². The van der Waals surface area contributed by atoms with E-state index in [9.17, 15) is 8.42 Å². The fourth-order valence-electron chi connectivity index (χ4n) is 2.61. The second-order valence-electron chi connectivity index (χ2n) is 6.58. The quantitative estimate of drug-likeness (QED) is 0.874. The molecule has 1 aromatic rings. The molecule has 2 rings (SSSR count). The van der Waals surface area contributed by atoms with Crippen molar-refractivity contribution in [2.75, 3.05) is 13.1 Å². The van der Waals surface area contributed by atoms with Crippen molar-refractivity contribution in [2.24, 2.45) is 5.14 Å². The second-order valence-corrected chi connectivity index (χ2v) is 8.07. The number of furan rings is 1. The van der Waals surface area contributed by atoms with Crippen LogP contribution in [0.15, 0.2) is 21.6 Å². The van der Waals surface area contributed by atoms with Gasteiger partial charge in [-0.1, -0.05) is 0 Å². The summed E-state index contributed by atoms with van der Waals surface area (Å²) in [7, 11) is -3.75. The molecule has 2 heterocycles. The summed E-state index contributed by atoms with van der Waals surface area (Å²) in [5.41, 5.74) is 0.219. The lowest BCUT2D eigenvalue weighted by molar-refractivity contribution is 0.0955. The van der Waals surface area contributed by atoms with Gasteiger partial charge in [0, 0.05) is 24.7 Å². The van der Waals surface area contributed by atoms with Gasteiger partial charge in [-0.05, 0) is 45.7 Å². The van der Waals surface area contributed by atoms with E-state index in [0.717, 1.165) is 25.9 Å². The van der Waals surface area contributed by atoms with E-state index in [0.29, 0.717) is 18.3 Å². The van der Waals surface area contributed by atoms with Crippen LogP contribution in [0.2, 0.25) is 0 Å². The summed E-state index contributed by atoms with van der Waals surface area (Å²) < 4.78 is 27.5.